The standard InChI is InChI=1S/C14H10ClF2NO/c1-8-5-6-9(16)7-12(8)18-14(19)13-10(15)3-2-4-11(13)17/h2-7H,1H3,(H,18,19). The second kappa shape index (κ2) is 5.36. The van der Waals surface area contributed by atoms with Crippen molar-refractivity contribution < 1.29 is 13.6 Å². The molecule has 0 aliphatic rings. The molecule has 0 atom stereocenters. The smallest absolute Gasteiger partial charge is 0.260 e. The predicted molar refractivity (Wildman–Crippen MR) is 70.5 cm³/mol. The first kappa shape index (κ1) is 13.5. The third kappa shape index (κ3) is 2.90. The highest BCUT2D eigenvalue weighted by atomic mass is 35.5. The topological polar surface area (TPSA) is 29.1 Å². The molecule has 0 heterocycles. The lowest BCUT2D eigenvalue weighted by Gasteiger charge is -2.10. The van der Waals surface area contributed by atoms with Crippen LogP contribution in [0, 0.1) is 18.6 Å². The zero-order valence-corrected chi connectivity index (χ0v) is 10.8. The third-order valence-corrected chi connectivity index (χ3v) is 2.95. The molecule has 0 aliphatic carbocycles. The van der Waals surface area contributed by atoms with E-state index in [1.54, 1.807) is 6.92 Å². The molecule has 1 N–H and O–H groups in total. The van der Waals surface area contributed by atoms with Gasteiger partial charge in [-0.1, -0.05) is 23.7 Å². The van der Waals surface area contributed by atoms with Crippen molar-refractivity contribution in [2.45, 2.75) is 6.92 Å². The van der Waals surface area contributed by atoms with E-state index in [9.17, 15) is 13.6 Å². The van der Waals surface area contributed by atoms with Crippen LogP contribution in [-0.4, -0.2) is 5.91 Å². The van der Waals surface area contributed by atoms with Crippen LogP contribution in [0.4, 0.5) is 14.5 Å². The maximum Gasteiger partial charge on any atom is 0.260 e. The Labute approximate surface area is 114 Å². The van der Waals surface area contributed by atoms with Gasteiger partial charge in [-0.15, -0.1) is 0 Å². The molecular weight excluding hydrogens is 272 g/mol. The molecule has 0 fully saturated rings. The number of nitrogens with one attached hydrogen (secondary N) is 1. The summed E-state index contributed by atoms with van der Waals surface area (Å²) in [6, 6.07) is 7.93. The van der Waals surface area contributed by atoms with Crippen LogP contribution < -0.4 is 5.32 Å². The average Bonchev–Trinajstić information content (AvgIpc) is 2.33. The van der Waals surface area contributed by atoms with Crippen LogP contribution in [0.25, 0.3) is 0 Å². The van der Waals surface area contributed by atoms with E-state index in [1.807, 2.05) is 0 Å². The summed E-state index contributed by atoms with van der Waals surface area (Å²) < 4.78 is 26.7. The molecule has 2 aromatic carbocycles. The number of benzene rings is 2. The predicted octanol–water partition coefficient (Wildman–Crippen LogP) is 4.18. The van der Waals surface area contributed by atoms with Crippen LogP contribution in [0.2, 0.25) is 5.02 Å². The average molecular weight is 282 g/mol. The van der Waals surface area contributed by atoms with Crippen molar-refractivity contribution in [2.24, 2.45) is 0 Å². The number of carbonyl (C=O) groups excluding carboxylic acids is 1. The summed E-state index contributed by atoms with van der Waals surface area (Å²) in [4.78, 5) is 12.0. The minimum atomic E-state index is -0.723. The molecule has 1 amide bonds. The Balaban J connectivity index is 2.34. The zero-order chi connectivity index (χ0) is 14.0. The van der Waals surface area contributed by atoms with E-state index in [2.05, 4.69) is 5.32 Å². The fourth-order valence-electron chi connectivity index (χ4n) is 1.63. The van der Waals surface area contributed by atoms with E-state index < -0.39 is 17.5 Å². The van der Waals surface area contributed by atoms with E-state index >= 15 is 0 Å². The van der Waals surface area contributed by atoms with E-state index in [-0.39, 0.29) is 16.3 Å². The molecule has 0 saturated carbocycles. The first-order valence-corrected chi connectivity index (χ1v) is 5.88. The summed E-state index contributed by atoms with van der Waals surface area (Å²) in [6.45, 7) is 1.71. The Kier molecular flexibility index (Phi) is 3.81. The van der Waals surface area contributed by atoms with E-state index in [0.29, 0.717) is 5.56 Å². The summed E-state index contributed by atoms with van der Waals surface area (Å²) in [7, 11) is 0. The molecule has 0 aliphatic heterocycles. The molecule has 0 unspecified atom stereocenters. The lowest BCUT2D eigenvalue weighted by atomic mass is 10.1. The number of aryl methyl sites for hydroxylation is 1. The fraction of sp³-hybridized carbons (Fsp3) is 0.0714. The van der Waals surface area contributed by atoms with Crippen LogP contribution in [0.1, 0.15) is 15.9 Å². The quantitative estimate of drug-likeness (QED) is 0.879. The summed E-state index contributed by atoms with van der Waals surface area (Å²) >= 11 is 5.79. The van der Waals surface area contributed by atoms with Gasteiger partial charge in [-0.3, -0.25) is 4.79 Å². The van der Waals surface area contributed by atoms with Crippen molar-refractivity contribution in [1.82, 2.24) is 0 Å². The summed E-state index contributed by atoms with van der Waals surface area (Å²) in [5.41, 5.74) is 0.694. The first-order valence-electron chi connectivity index (χ1n) is 5.50. The summed E-state index contributed by atoms with van der Waals surface area (Å²) in [6.07, 6.45) is 0. The number of hydrogen-bond acceptors (Lipinski definition) is 1. The van der Waals surface area contributed by atoms with Gasteiger partial charge in [-0.2, -0.15) is 0 Å². The van der Waals surface area contributed by atoms with Gasteiger partial charge in [-0.05, 0) is 36.8 Å². The maximum absolute atomic E-state index is 13.6. The lowest BCUT2D eigenvalue weighted by Crippen LogP contribution is -2.15. The Bertz CT molecular complexity index is 623. The highest BCUT2D eigenvalue weighted by molar-refractivity contribution is 6.34. The van der Waals surface area contributed by atoms with Crippen LogP contribution >= 0.6 is 11.6 Å². The highest BCUT2D eigenvalue weighted by Crippen LogP contribution is 2.22. The van der Waals surface area contributed by atoms with Crippen molar-refractivity contribution in [1.29, 1.82) is 0 Å². The molecule has 2 nitrogen and oxygen atoms in total. The van der Waals surface area contributed by atoms with Gasteiger partial charge in [-0.25, -0.2) is 8.78 Å². The highest BCUT2D eigenvalue weighted by Gasteiger charge is 2.16. The van der Waals surface area contributed by atoms with Gasteiger partial charge in [0.1, 0.15) is 11.6 Å². The molecule has 19 heavy (non-hydrogen) atoms. The fourth-order valence-corrected chi connectivity index (χ4v) is 1.88. The molecule has 0 spiro atoms. The van der Waals surface area contributed by atoms with E-state index in [1.165, 1.54) is 30.3 Å². The second-order valence-corrected chi connectivity index (χ2v) is 4.42. The van der Waals surface area contributed by atoms with Crippen LogP contribution in [0.3, 0.4) is 0 Å². The van der Waals surface area contributed by atoms with Gasteiger partial charge < -0.3 is 5.32 Å². The number of carbonyl (C=O) groups is 1. The van der Waals surface area contributed by atoms with Gasteiger partial charge in [0.05, 0.1) is 10.6 Å². The molecule has 2 aromatic rings. The minimum Gasteiger partial charge on any atom is -0.322 e. The van der Waals surface area contributed by atoms with E-state index in [4.69, 9.17) is 11.6 Å². The normalized spacial score (nSPS) is 10.3. The second-order valence-electron chi connectivity index (χ2n) is 4.01. The molecular formula is C14H10ClF2NO. The third-order valence-electron chi connectivity index (χ3n) is 2.64. The van der Waals surface area contributed by atoms with Crippen molar-refractivity contribution in [3.63, 3.8) is 0 Å². The monoisotopic (exact) mass is 281 g/mol. The maximum atomic E-state index is 13.6. The summed E-state index contributed by atoms with van der Waals surface area (Å²) in [5.74, 6) is -1.92. The minimum absolute atomic E-state index is 0.00607. The lowest BCUT2D eigenvalue weighted by molar-refractivity contribution is 0.102. The van der Waals surface area contributed by atoms with Crippen molar-refractivity contribution >= 4 is 23.2 Å². The SMILES string of the molecule is Cc1ccc(F)cc1NC(=O)c1c(F)cccc1Cl. The van der Waals surface area contributed by atoms with E-state index in [0.717, 1.165) is 6.07 Å². The Hall–Kier alpha value is -1.94. The van der Waals surface area contributed by atoms with Gasteiger partial charge in [0.2, 0.25) is 0 Å². The number of hydrogen-bond donors (Lipinski definition) is 1. The van der Waals surface area contributed by atoms with Crippen LogP contribution in [0.5, 0.6) is 0 Å². The van der Waals surface area contributed by atoms with Crippen molar-refractivity contribution in [3.05, 3.63) is 64.2 Å². The van der Waals surface area contributed by atoms with Gasteiger partial charge in [0.25, 0.3) is 5.91 Å². The summed E-state index contributed by atoms with van der Waals surface area (Å²) in [5, 5.41) is 2.45. The van der Waals surface area contributed by atoms with Crippen molar-refractivity contribution in [3.8, 4) is 0 Å². The number of rotatable bonds is 2. The van der Waals surface area contributed by atoms with Gasteiger partial charge in [0.15, 0.2) is 0 Å². The van der Waals surface area contributed by atoms with Crippen LogP contribution in [0.15, 0.2) is 36.4 Å². The first-order chi connectivity index (χ1) is 8.99. The zero-order valence-electron chi connectivity index (χ0n) is 10.0. The molecule has 0 bridgehead atoms. The van der Waals surface area contributed by atoms with Gasteiger partial charge in [0, 0.05) is 5.69 Å². The molecule has 98 valence electrons. The number of anilines is 1. The Morgan fingerprint density at radius 2 is 1.95 bits per heavy atom. The number of amides is 1. The van der Waals surface area contributed by atoms with Gasteiger partial charge >= 0.3 is 0 Å². The molecule has 5 heteroatoms. The van der Waals surface area contributed by atoms with Crippen molar-refractivity contribution in [2.75, 3.05) is 5.32 Å². The molecule has 0 radical (unpaired) electrons. The largest absolute Gasteiger partial charge is 0.322 e. The Morgan fingerprint density at radius 3 is 2.63 bits per heavy atom. The molecule has 0 saturated heterocycles. The Morgan fingerprint density at radius 1 is 1.21 bits per heavy atom. The molecule has 2 rings (SSSR count). The van der Waals surface area contributed by atoms with Crippen LogP contribution in [-0.2, 0) is 0 Å². The molecule has 0 aromatic heterocycles. The number of halogens is 3.